The van der Waals surface area contributed by atoms with Crippen LogP contribution >= 0.6 is 11.5 Å². The van der Waals surface area contributed by atoms with Gasteiger partial charge >= 0.3 is 0 Å². The highest BCUT2D eigenvalue weighted by Crippen LogP contribution is 2.40. The third-order valence-electron chi connectivity index (χ3n) is 4.20. The van der Waals surface area contributed by atoms with Crippen molar-refractivity contribution in [2.45, 2.75) is 11.8 Å². The number of aromatic hydroxyl groups is 1. The van der Waals surface area contributed by atoms with Gasteiger partial charge in [-0.1, -0.05) is 0 Å². The van der Waals surface area contributed by atoms with Gasteiger partial charge in [-0.2, -0.15) is 14.7 Å². The van der Waals surface area contributed by atoms with E-state index in [0.717, 1.165) is 11.5 Å². The molecule has 0 bridgehead atoms. The van der Waals surface area contributed by atoms with E-state index >= 15 is 0 Å². The summed E-state index contributed by atoms with van der Waals surface area (Å²) in [5.74, 6) is -0.135. The Bertz CT molecular complexity index is 1350. The highest BCUT2D eigenvalue weighted by atomic mass is 32.2. The van der Waals surface area contributed by atoms with Crippen LogP contribution in [0.3, 0.4) is 0 Å². The van der Waals surface area contributed by atoms with Gasteiger partial charge in [0.2, 0.25) is 10.0 Å². The third kappa shape index (κ3) is 5.11. The SMILES string of the molecule is Cc1nsc(N=Nc2cc(N=Nc3ccc(S(N)(=O)=O)cc3)c(O)cc2N(C)C)c1C#N. The molecule has 3 rings (SSSR count). The van der Waals surface area contributed by atoms with Gasteiger partial charge in [0, 0.05) is 20.2 Å². The van der Waals surface area contributed by atoms with E-state index in [4.69, 9.17) is 5.14 Å². The van der Waals surface area contributed by atoms with Gasteiger partial charge in [-0.25, -0.2) is 13.6 Å². The first kappa shape index (κ1) is 22.9. The number of phenolic OH excluding ortho intramolecular Hbond substituents is 1. The number of anilines is 1. The maximum Gasteiger partial charge on any atom is 0.238 e. The molecular formula is C19H18N8O3S2. The van der Waals surface area contributed by atoms with Crippen LogP contribution in [0.15, 0.2) is 61.8 Å². The van der Waals surface area contributed by atoms with Gasteiger partial charge < -0.3 is 10.0 Å². The lowest BCUT2D eigenvalue weighted by atomic mass is 10.2. The number of phenols is 1. The van der Waals surface area contributed by atoms with Crippen molar-refractivity contribution in [2.75, 3.05) is 19.0 Å². The van der Waals surface area contributed by atoms with Gasteiger partial charge in [-0.05, 0) is 48.8 Å². The van der Waals surface area contributed by atoms with Crippen LogP contribution in [0.2, 0.25) is 0 Å². The van der Waals surface area contributed by atoms with Gasteiger partial charge in [-0.15, -0.1) is 15.3 Å². The highest BCUT2D eigenvalue weighted by molar-refractivity contribution is 7.89. The predicted octanol–water partition coefficient (Wildman–Crippen LogP) is 4.57. The number of nitrogens with zero attached hydrogens (tertiary/aromatic N) is 7. The molecule has 0 amide bonds. The molecule has 3 N–H and O–H groups in total. The predicted molar refractivity (Wildman–Crippen MR) is 120 cm³/mol. The minimum Gasteiger partial charge on any atom is -0.506 e. The van der Waals surface area contributed by atoms with E-state index in [1.165, 1.54) is 36.4 Å². The third-order valence-corrected chi connectivity index (χ3v) is 5.95. The molecule has 0 radical (unpaired) electrons. The van der Waals surface area contributed by atoms with Crippen molar-refractivity contribution in [1.29, 1.82) is 5.26 Å². The summed E-state index contributed by atoms with van der Waals surface area (Å²) in [7, 11) is -0.254. The van der Waals surface area contributed by atoms with E-state index in [1.54, 1.807) is 25.9 Å². The number of benzene rings is 2. The maximum atomic E-state index is 11.3. The van der Waals surface area contributed by atoms with Crippen LogP contribution in [0.1, 0.15) is 11.3 Å². The number of nitriles is 1. The molecule has 1 aromatic heterocycles. The molecule has 1 heterocycles. The van der Waals surface area contributed by atoms with Crippen LogP contribution in [0, 0.1) is 18.3 Å². The molecule has 11 nitrogen and oxygen atoms in total. The van der Waals surface area contributed by atoms with Crippen molar-refractivity contribution >= 4 is 49.3 Å². The van der Waals surface area contributed by atoms with Crippen molar-refractivity contribution in [1.82, 2.24) is 4.37 Å². The Morgan fingerprint density at radius 2 is 1.75 bits per heavy atom. The molecule has 3 aromatic rings. The molecule has 32 heavy (non-hydrogen) atoms. The molecule has 0 fully saturated rings. The van der Waals surface area contributed by atoms with Crippen molar-refractivity contribution in [3.63, 3.8) is 0 Å². The fraction of sp³-hybridized carbons (Fsp3) is 0.158. The molecule has 0 unspecified atom stereocenters. The monoisotopic (exact) mass is 470 g/mol. The molecule has 0 aliphatic heterocycles. The van der Waals surface area contributed by atoms with E-state index in [2.05, 4.69) is 30.9 Å². The van der Waals surface area contributed by atoms with E-state index in [1.807, 2.05) is 0 Å². The van der Waals surface area contributed by atoms with Crippen molar-refractivity contribution in [3.8, 4) is 11.8 Å². The summed E-state index contributed by atoms with van der Waals surface area (Å²) in [5.41, 5.74) is 2.37. The second-order valence-electron chi connectivity index (χ2n) is 6.72. The summed E-state index contributed by atoms with van der Waals surface area (Å²) in [6, 6.07) is 10.5. The van der Waals surface area contributed by atoms with E-state index in [-0.39, 0.29) is 16.3 Å². The zero-order valence-electron chi connectivity index (χ0n) is 17.3. The summed E-state index contributed by atoms with van der Waals surface area (Å²) in [5, 5.41) is 41.5. The normalized spacial score (nSPS) is 11.8. The number of hydrogen-bond acceptors (Lipinski definition) is 11. The van der Waals surface area contributed by atoms with Gasteiger partial charge in [0.25, 0.3) is 0 Å². The van der Waals surface area contributed by atoms with Crippen LogP contribution in [-0.4, -0.2) is 32.0 Å². The number of azo groups is 2. The van der Waals surface area contributed by atoms with Crippen molar-refractivity contribution < 1.29 is 13.5 Å². The van der Waals surface area contributed by atoms with Crippen LogP contribution < -0.4 is 10.0 Å². The Morgan fingerprint density at radius 3 is 2.34 bits per heavy atom. The molecule has 0 saturated carbocycles. The number of hydrogen-bond donors (Lipinski definition) is 2. The minimum absolute atomic E-state index is 0.0487. The number of aromatic nitrogens is 1. The van der Waals surface area contributed by atoms with E-state index in [0.29, 0.717) is 33.3 Å². The Kier molecular flexibility index (Phi) is 6.58. The molecule has 0 aliphatic carbocycles. The number of sulfonamides is 1. The number of aryl methyl sites for hydroxylation is 1. The van der Waals surface area contributed by atoms with Crippen LogP contribution in [-0.2, 0) is 10.0 Å². The summed E-state index contributed by atoms with van der Waals surface area (Å²) in [6.45, 7) is 1.72. The zero-order chi connectivity index (χ0) is 23.5. The summed E-state index contributed by atoms with van der Waals surface area (Å²) >= 11 is 1.06. The Labute approximate surface area is 188 Å². The molecule has 0 aliphatic rings. The largest absolute Gasteiger partial charge is 0.506 e. The lowest BCUT2D eigenvalue weighted by Gasteiger charge is -2.15. The molecule has 0 atom stereocenters. The fourth-order valence-corrected chi connectivity index (χ4v) is 3.73. The Balaban J connectivity index is 1.96. The second kappa shape index (κ2) is 9.18. The standard InChI is InChI=1S/C19H18N8O3S2/c1-11-14(10-20)19(31-26-11)25-23-15-8-16(18(28)9-17(15)27(2)3)24-22-12-4-6-13(7-5-12)32(21,29)30/h4-9,28H,1-3H3,(H2,21,29,30). The molecule has 13 heteroatoms. The van der Waals surface area contributed by atoms with Gasteiger partial charge in [-0.3, -0.25) is 0 Å². The first-order chi connectivity index (χ1) is 15.1. The molecule has 0 saturated heterocycles. The van der Waals surface area contributed by atoms with Crippen LogP contribution in [0.25, 0.3) is 0 Å². The van der Waals surface area contributed by atoms with E-state index < -0.39 is 10.0 Å². The molecule has 0 spiro atoms. The lowest BCUT2D eigenvalue weighted by Crippen LogP contribution is -2.11. The summed E-state index contributed by atoms with van der Waals surface area (Å²) < 4.78 is 26.8. The lowest BCUT2D eigenvalue weighted by molar-refractivity contribution is 0.476. The quantitative estimate of drug-likeness (QED) is 0.500. The van der Waals surface area contributed by atoms with Gasteiger partial charge in [0.15, 0.2) is 5.00 Å². The topological polar surface area (TPSA) is 170 Å². The second-order valence-corrected chi connectivity index (χ2v) is 9.04. The first-order valence-corrected chi connectivity index (χ1v) is 11.3. The van der Waals surface area contributed by atoms with Crippen LogP contribution in [0.5, 0.6) is 5.75 Å². The van der Waals surface area contributed by atoms with Gasteiger partial charge in [0.1, 0.15) is 28.8 Å². The molecular weight excluding hydrogens is 452 g/mol. The van der Waals surface area contributed by atoms with E-state index in [9.17, 15) is 18.8 Å². The Morgan fingerprint density at radius 1 is 1.09 bits per heavy atom. The number of rotatable bonds is 6. The fourth-order valence-electron chi connectivity index (χ4n) is 2.54. The smallest absolute Gasteiger partial charge is 0.238 e. The molecule has 164 valence electrons. The maximum absolute atomic E-state index is 11.3. The average Bonchev–Trinajstić information content (AvgIpc) is 3.10. The van der Waals surface area contributed by atoms with Crippen LogP contribution in [0.4, 0.5) is 27.8 Å². The molecule has 2 aromatic carbocycles. The van der Waals surface area contributed by atoms with Gasteiger partial charge in [0.05, 0.1) is 22.0 Å². The number of primary sulfonamides is 1. The first-order valence-electron chi connectivity index (χ1n) is 8.97. The summed E-state index contributed by atoms with van der Waals surface area (Å²) in [4.78, 5) is 1.69. The minimum atomic E-state index is -3.81. The van der Waals surface area contributed by atoms with Crippen molar-refractivity contribution in [2.24, 2.45) is 25.6 Å². The Hall–Kier alpha value is -3.73. The van der Waals surface area contributed by atoms with Crippen molar-refractivity contribution in [3.05, 3.63) is 47.7 Å². The summed E-state index contributed by atoms with van der Waals surface area (Å²) in [6.07, 6.45) is 0. The zero-order valence-corrected chi connectivity index (χ0v) is 18.9. The highest BCUT2D eigenvalue weighted by Gasteiger charge is 2.13. The number of nitrogens with two attached hydrogens (primary N) is 1. The average molecular weight is 471 g/mol.